The number of nitrogens with one attached hydrogen (secondary N) is 1. The number of benzene rings is 1. The van der Waals surface area contributed by atoms with E-state index >= 15 is 0 Å². The highest BCUT2D eigenvalue weighted by molar-refractivity contribution is 5.99. The van der Waals surface area contributed by atoms with Crippen molar-refractivity contribution in [3.63, 3.8) is 0 Å². The summed E-state index contributed by atoms with van der Waals surface area (Å²) in [5, 5.41) is 21.9. The van der Waals surface area contributed by atoms with Gasteiger partial charge in [0, 0.05) is 5.69 Å². The highest BCUT2D eigenvalue weighted by atomic mass is 16.4. The summed E-state index contributed by atoms with van der Waals surface area (Å²) in [4.78, 5) is 36.2. The van der Waals surface area contributed by atoms with Gasteiger partial charge in [-0.2, -0.15) is 0 Å². The van der Waals surface area contributed by atoms with Crippen LogP contribution >= 0.6 is 0 Å². The van der Waals surface area contributed by atoms with E-state index < -0.39 is 29.2 Å². The van der Waals surface area contributed by atoms with E-state index in [0.717, 1.165) is 0 Å². The predicted octanol–water partition coefficient (Wildman–Crippen LogP) is 2.22. The first-order valence-electron chi connectivity index (χ1n) is 7.78. The first-order valence-corrected chi connectivity index (χ1v) is 7.78. The number of hydrogen-bond donors (Lipinski definition) is 3. The molecule has 0 heterocycles. The molecular formula is C17H19NO5. The molecule has 3 fully saturated rings. The number of anilines is 1. The molecule has 3 aliphatic rings. The fourth-order valence-electron chi connectivity index (χ4n) is 4.32. The number of carboxylic acid groups (broad SMARTS) is 2. The van der Waals surface area contributed by atoms with Gasteiger partial charge in [-0.1, -0.05) is 18.2 Å². The summed E-state index contributed by atoms with van der Waals surface area (Å²) >= 11 is 0. The summed E-state index contributed by atoms with van der Waals surface area (Å²) in [6, 6.07) is 8.83. The van der Waals surface area contributed by atoms with Crippen LogP contribution in [-0.4, -0.2) is 28.1 Å². The van der Waals surface area contributed by atoms with E-state index in [0.29, 0.717) is 31.4 Å². The number of carboxylic acids is 2. The first-order chi connectivity index (χ1) is 11.0. The normalized spacial score (nSPS) is 32.3. The molecular weight excluding hydrogens is 298 g/mol. The molecule has 6 heteroatoms. The van der Waals surface area contributed by atoms with Gasteiger partial charge < -0.3 is 15.5 Å². The minimum Gasteiger partial charge on any atom is -0.481 e. The maximum atomic E-state index is 12.9. The Kier molecular flexibility index (Phi) is 3.83. The fraction of sp³-hybridized carbons (Fsp3) is 0.471. The Morgan fingerprint density at radius 1 is 1.00 bits per heavy atom. The summed E-state index contributed by atoms with van der Waals surface area (Å²) in [6.07, 6.45) is 2.03. The minimum atomic E-state index is -1.19. The largest absolute Gasteiger partial charge is 0.481 e. The maximum absolute atomic E-state index is 12.9. The lowest BCUT2D eigenvalue weighted by molar-refractivity contribution is -0.178. The first kappa shape index (κ1) is 15.5. The quantitative estimate of drug-likeness (QED) is 0.790. The smallest absolute Gasteiger partial charge is 0.308 e. The van der Waals surface area contributed by atoms with Gasteiger partial charge in [-0.15, -0.1) is 0 Å². The second-order valence-electron chi connectivity index (χ2n) is 6.49. The van der Waals surface area contributed by atoms with Gasteiger partial charge in [0.1, 0.15) is 0 Å². The van der Waals surface area contributed by atoms with Gasteiger partial charge >= 0.3 is 11.9 Å². The van der Waals surface area contributed by atoms with E-state index in [9.17, 15) is 24.6 Å². The third-order valence-corrected chi connectivity index (χ3v) is 5.42. The SMILES string of the molecule is O=C(O)C1C2CCC(C(=O)Nc3ccccc3)(CC2)C1C(=O)O. The molecule has 0 saturated heterocycles. The second kappa shape index (κ2) is 5.68. The summed E-state index contributed by atoms with van der Waals surface area (Å²) in [7, 11) is 0. The number of carbonyl (C=O) groups is 3. The van der Waals surface area contributed by atoms with Crippen LogP contribution in [0.2, 0.25) is 0 Å². The zero-order chi connectivity index (χ0) is 16.6. The Bertz CT molecular complexity index is 634. The van der Waals surface area contributed by atoms with Crippen molar-refractivity contribution in [2.45, 2.75) is 25.7 Å². The van der Waals surface area contributed by atoms with Crippen LogP contribution in [0, 0.1) is 23.2 Å². The van der Waals surface area contributed by atoms with E-state index in [1.54, 1.807) is 24.3 Å². The molecule has 0 spiro atoms. The van der Waals surface area contributed by atoms with Gasteiger partial charge in [0.15, 0.2) is 0 Å². The van der Waals surface area contributed by atoms with Crippen LogP contribution in [0.15, 0.2) is 30.3 Å². The molecule has 1 amide bonds. The molecule has 122 valence electrons. The van der Waals surface area contributed by atoms with Gasteiger partial charge in [-0.25, -0.2) is 0 Å². The van der Waals surface area contributed by atoms with Crippen LogP contribution in [-0.2, 0) is 14.4 Å². The predicted molar refractivity (Wildman–Crippen MR) is 81.7 cm³/mol. The number of amides is 1. The summed E-state index contributed by atoms with van der Waals surface area (Å²) in [5.41, 5.74) is -0.546. The standard InChI is InChI=1S/C17H19NO5/c19-14(20)12-10-6-8-17(9-7-10,13(12)15(21)22)16(23)18-11-4-2-1-3-5-11/h1-5,10,12-13H,6-9H2,(H,18,23)(H,19,20)(H,21,22). The molecule has 3 N–H and O–H groups in total. The molecule has 1 aromatic carbocycles. The Morgan fingerprint density at radius 2 is 1.61 bits per heavy atom. The molecule has 4 rings (SSSR count). The van der Waals surface area contributed by atoms with Crippen LogP contribution in [0.4, 0.5) is 5.69 Å². The third-order valence-electron chi connectivity index (χ3n) is 5.42. The van der Waals surface area contributed by atoms with E-state index in [1.165, 1.54) is 0 Å². The monoisotopic (exact) mass is 317 g/mol. The lowest BCUT2D eigenvalue weighted by Gasteiger charge is -2.52. The number of aliphatic carboxylic acids is 2. The highest BCUT2D eigenvalue weighted by Gasteiger charge is 2.62. The van der Waals surface area contributed by atoms with Crippen molar-refractivity contribution < 1.29 is 24.6 Å². The average molecular weight is 317 g/mol. The lowest BCUT2D eigenvalue weighted by Crippen LogP contribution is -2.58. The molecule has 1 aromatic rings. The third kappa shape index (κ3) is 2.48. The Balaban J connectivity index is 1.94. The number of rotatable bonds is 4. The molecule has 0 aliphatic heterocycles. The molecule has 0 aromatic heterocycles. The van der Waals surface area contributed by atoms with Crippen molar-refractivity contribution >= 4 is 23.5 Å². The zero-order valence-electron chi connectivity index (χ0n) is 12.6. The summed E-state index contributed by atoms with van der Waals surface area (Å²) < 4.78 is 0. The van der Waals surface area contributed by atoms with E-state index in [2.05, 4.69) is 5.32 Å². The van der Waals surface area contributed by atoms with E-state index in [-0.39, 0.29) is 11.8 Å². The van der Waals surface area contributed by atoms with Crippen LogP contribution in [0.25, 0.3) is 0 Å². The van der Waals surface area contributed by atoms with E-state index in [4.69, 9.17) is 0 Å². The van der Waals surface area contributed by atoms with Crippen LogP contribution < -0.4 is 5.32 Å². The summed E-state index contributed by atoms with van der Waals surface area (Å²) in [5.74, 6) is -4.99. The van der Waals surface area contributed by atoms with E-state index in [1.807, 2.05) is 6.07 Å². The molecule has 23 heavy (non-hydrogen) atoms. The van der Waals surface area contributed by atoms with Gasteiger partial charge in [0.25, 0.3) is 0 Å². The lowest BCUT2D eigenvalue weighted by atomic mass is 9.50. The van der Waals surface area contributed by atoms with Gasteiger partial charge in [0.2, 0.25) is 5.91 Å². The van der Waals surface area contributed by atoms with Crippen LogP contribution in [0.3, 0.4) is 0 Å². The molecule has 2 unspecified atom stereocenters. The average Bonchev–Trinajstić information content (AvgIpc) is 2.55. The molecule has 2 atom stereocenters. The van der Waals surface area contributed by atoms with Crippen molar-refractivity contribution in [3.05, 3.63) is 30.3 Å². The van der Waals surface area contributed by atoms with Gasteiger partial charge in [-0.3, -0.25) is 14.4 Å². The fourth-order valence-corrected chi connectivity index (χ4v) is 4.32. The summed E-state index contributed by atoms with van der Waals surface area (Å²) in [6.45, 7) is 0. The Hall–Kier alpha value is -2.37. The molecule has 0 radical (unpaired) electrons. The van der Waals surface area contributed by atoms with Gasteiger partial charge in [-0.05, 0) is 43.7 Å². The Morgan fingerprint density at radius 3 is 2.13 bits per heavy atom. The second-order valence-corrected chi connectivity index (χ2v) is 6.49. The molecule has 2 bridgehead atoms. The van der Waals surface area contributed by atoms with Crippen molar-refractivity contribution in [3.8, 4) is 0 Å². The number of para-hydroxylation sites is 1. The molecule has 3 aliphatic carbocycles. The number of hydrogen-bond acceptors (Lipinski definition) is 3. The van der Waals surface area contributed by atoms with Crippen molar-refractivity contribution in [2.75, 3.05) is 5.32 Å². The topological polar surface area (TPSA) is 104 Å². The van der Waals surface area contributed by atoms with Crippen molar-refractivity contribution in [1.29, 1.82) is 0 Å². The number of carbonyl (C=O) groups excluding carboxylic acids is 1. The van der Waals surface area contributed by atoms with Gasteiger partial charge in [0.05, 0.1) is 17.3 Å². The van der Waals surface area contributed by atoms with Crippen LogP contribution in [0.5, 0.6) is 0 Å². The van der Waals surface area contributed by atoms with Crippen molar-refractivity contribution in [1.82, 2.24) is 0 Å². The maximum Gasteiger partial charge on any atom is 0.308 e. The molecule has 3 saturated carbocycles. The minimum absolute atomic E-state index is 0.153. The zero-order valence-corrected chi connectivity index (χ0v) is 12.6. The van der Waals surface area contributed by atoms with Crippen LogP contribution in [0.1, 0.15) is 25.7 Å². The number of fused-ring (bicyclic) bond motifs is 3. The highest BCUT2D eigenvalue weighted by Crippen LogP contribution is 2.57. The Labute approximate surface area is 133 Å². The molecule has 6 nitrogen and oxygen atoms in total. The van der Waals surface area contributed by atoms with Crippen molar-refractivity contribution in [2.24, 2.45) is 23.2 Å².